The van der Waals surface area contributed by atoms with E-state index < -0.39 is 0 Å². The van der Waals surface area contributed by atoms with E-state index in [4.69, 9.17) is 0 Å². The van der Waals surface area contributed by atoms with E-state index in [1.165, 1.54) is 38.5 Å². The number of nitrogens with zero attached hydrogens (tertiary/aromatic N) is 1. The molecule has 0 radical (unpaired) electrons. The summed E-state index contributed by atoms with van der Waals surface area (Å²) in [5.74, 6) is 2.11. The van der Waals surface area contributed by atoms with Gasteiger partial charge in [0, 0.05) is 19.5 Å². The van der Waals surface area contributed by atoms with Gasteiger partial charge in [-0.25, -0.2) is 0 Å². The van der Waals surface area contributed by atoms with E-state index >= 15 is 0 Å². The van der Waals surface area contributed by atoms with Crippen molar-refractivity contribution in [2.45, 2.75) is 78.6 Å². The molecule has 1 fully saturated rings. The lowest BCUT2D eigenvalue weighted by Gasteiger charge is -2.32. The molecule has 0 spiro atoms. The number of carbonyl (C=O) groups is 1. The first-order valence-electron chi connectivity index (χ1n) is 8.41. The summed E-state index contributed by atoms with van der Waals surface area (Å²) < 4.78 is 0. The molecule has 19 heavy (non-hydrogen) atoms. The average Bonchev–Trinajstić information content (AvgIpc) is 2.41. The normalized spacial score (nSPS) is 17.2. The van der Waals surface area contributed by atoms with Gasteiger partial charge in [0.1, 0.15) is 0 Å². The van der Waals surface area contributed by atoms with Crippen molar-refractivity contribution in [3.63, 3.8) is 0 Å². The zero-order chi connectivity index (χ0) is 14.1. The van der Waals surface area contributed by atoms with Crippen molar-refractivity contribution in [2.24, 2.45) is 11.8 Å². The van der Waals surface area contributed by atoms with Gasteiger partial charge in [-0.3, -0.25) is 4.79 Å². The molecular weight excluding hydrogens is 234 g/mol. The Balaban J connectivity index is 2.09. The van der Waals surface area contributed by atoms with Crippen LogP contribution in [0.25, 0.3) is 0 Å². The van der Waals surface area contributed by atoms with Crippen molar-refractivity contribution in [1.82, 2.24) is 4.90 Å². The third kappa shape index (κ3) is 6.98. The monoisotopic (exact) mass is 267 g/mol. The Morgan fingerprint density at radius 3 is 2.42 bits per heavy atom. The van der Waals surface area contributed by atoms with Crippen LogP contribution in [-0.4, -0.2) is 23.9 Å². The summed E-state index contributed by atoms with van der Waals surface area (Å²) in [7, 11) is 0. The van der Waals surface area contributed by atoms with E-state index in [0.717, 1.165) is 44.2 Å². The third-order valence-corrected chi connectivity index (χ3v) is 4.36. The van der Waals surface area contributed by atoms with Gasteiger partial charge in [-0.1, -0.05) is 52.9 Å². The molecule has 1 aliphatic heterocycles. The Bertz CT molecular complexity index is 242. The zero-order valence-electron chi connectivity index (χ0n) is 13.3. The van der Waals surface area contributed by atoms with Crippen LogP contribution in [0.15, 0.2) is 0 Å². The SMILES string of the molecule is CCCCC(=O)N1CCC(CCCCC(C)C)CC1. The quantitative estimate of drug-likeness (QED) is 0.587. The molecule has 1 amide bonds. The highest BCUT2D eigenvalue weighted by molar-refractivity contribution is 5.76. The molecule has 0 bridgehead atoms. The first-order chi connectivity index (χ1) is 9.13. The van der Waals surface area contributed by atoms with Crippen LogP contribution < -0.4 is 0 Å². The van der Waals surface area contributed by atoms with Crippen LogP contribution in [0.2, 0.25) is 0 Å². The van der Waals surface area contributed by atoms with Crippen LogP contribution >= 0.6 is 0 Å². The van der Waals surface area contributed by atoms with E-state index in [1.807, 2.05) is 0 Å². The van der Waals surface area contributed by atoms with Gasteiger partial charge < -0.3 is 4.90 Å². The molecule has 2 nitrogen and oxygen atoms in total. The molecule has 0 saturated carbocycles. The standard InChI is InChI=1S/C17H33NO/c1-4-5-10-17(19)18-13-11-16(12-14-18)9-7-6-8-15(2)3/h15-16H,4-14H2,1-3H3. The highest BCUT2D eigenvalue weighted by atomic mass is 16.2. The van der Waals surface area contributed by atoms with Gasteiger partial charge >= 0.3 is 0 Å². The molecule has 1 aliphatic rings. The Labute approximate surface area is 119 Å². The predicted octanol–water partition coefficient (Wildman–Crippen LogP) is 4.63. The molecular formula is C17H33NO. The van der Waals surface area contributed by atoms with E-state index in [9.17, 15) is 4.79 Å². The first-order valence-corrected chi connectivity index (χ1v) is 8.41. The number of amides is 1. The molecule has 0 aromatic heterocycles. The molecule has 0 aromatic rings. The summed E-state index contributed by atoms with van der Waals surface area (Å²) in [6.45, 7) is 8.78. The minimum absolute atomic E-state index is 0.389. The van der Waals surface area contributed by atoms with Crippen LogP contribution in [0.5, 0.6) is 0 Å². The number of unbranched alkanes of at least 4 members (excludes halogenated alkanes) is 2. The summed E-state index contributed by atoms with van der Waals surface area (Å²) in [5, 5.41) is 0. The fourth-order valence-corrected chi connectivity index (χ4v) is 2.94. The van der Waals surface area contributed by atoms with Crippen LogP contribution in [0.1, 0.15) is 78.6 Å². The summed E-state index contributed by atoms with van der Waals surface area (Å²) in [6.07, 6.45) is 10.9. The summed E-state index contributed by atoms with van der Waals surface area (Å²) in [5.41, 5.74) is 0. The molecule has 2 heteroatoms. The third-order valence-electron chi connectivity index (χ3n) is 4.36. The Hall–Kier alpha value is -0.530. The number of carbonyl (C=O) groups excluding carboxylic acids is 1. The van der Waals surface area contributed by atoms with Crippen molar-refractivity contribution in [3.8, 4) is 0 Å². The number of piperidine rings is 1. The number of hydrogen-bond donors (Lipinski definition) is 0. The van der Waals surface area contributed by atoms with Crippen molar-refractivity contribution < 1.29 is 4.79 Å². The van der Waals surface area contributed by atoms with Gasteiger partial charge in [0.2, 0.25) is 5.91 Å². The highest BCUT2D eigenvalue weighted by Crippen LogP contribution is 2.24. The Kier molecular flexibility index (Phi) is 8.16. The second-order valence-corrected chi connectivity index (χ2v) is 6.61. The highest BCUT2D eigenvalue weighted by Gasteiger charge is 2.21. The number of rotatable bonds is 8. The average molecular weight is 267 g/mol. The molecule has 1 rings (SSSR count). The van der Waals surface area contributed by atoms with Crippen LogP contribution in [-0.2, 0) is 4.79 Å². The van der Waals surface area contributed by atoms with Crippen molar-refractivity contribution in [2.75, 3.05) is 13.1 Å². The lowest BCUT2D eigenvalue weighted by atomic mass is 9.90. The van der Waals surface area contributed by atoms with Crippen LogP contribution in [0, 0.1) is 11.8 Å². The maximum absolute atomic E-state index is 11.9. The minimum Gasteiger partial charge on any atom is -0.343 e. The van der Waals surface area contributed by atoms with Gasteiger partial charge in [-0.2, -0.15) is 0 Å². The van der Waals surface area contributed by atoms with E-state index in [1.54, 1.807) is 0 Å². The molecule has 0 unspecified atom stereocenters. The fraction of sp³-hybridized carbons (Fsp3) is 0.941. The second kappa shape index (κ2) is 9.39. The zero-order valence-corrected chi connectivity index (χ0v) is 13.3. The van der Waals surface area contributed by atoms with E-state index in [-0.39, 0.29) is 0 Å². The molecule has 0 atom stereocenters. The Morgan fingerprint density at radius 1 is 1.16 bits per heavy atom. The molecule has 1 saturated heterocycles. The maximum Gasteiger partial charge on any atom is 0.222 e. The molecule has 0 aromatic carbocycles. The summed E-state index contributed by atoms with van der Waals surface area (Å²) in [4.78, 5) is 14.0. The largest absolute Gasteiger partial charge is 0.343 e. The topological polar surface area (TPSA) is 20.3 Å². The molecule has 112 valence electrons. The van der Waals surface area contributed by atoms with Crippen molar-refractivity contribution >= 4 is 5.91 Å². The minimum atomic E-state index is 0.389. The van der Waals surface area contributed by atoms with Gasteiger partial charge in [-0.05, 0) is 31.1 Å². The van der Waals surface area contributed by atoms with Crippen molar-refractivity contribution in [1.29, 1.82) is 0 Å². The van der Waals surface area contributed by atoms with Gasteiger partial charge in [0.05, 0.1) is 0 Å². The number of likely N-dealkylation sites (tertiary alicyclic amines) is 1. The molecule has 0 aliphatic carbocycles. The smallest absolute Gasteiger partial charge is 0.222 e. The lowest BCUT2D eigenvalue weighted by Crippen LogP contribution is -2.38. The first kappa shape index (κ1) is 16.5. The van der Waals surface area contributed by atoms with Gasteiger partial charge in [0.25, 0.3) is 0 Å². The second-order valence-electron chi connectivity index (χ2n) is 6.61. The van der Waals surface area contributed by atoms with Crippen molar-refractivity contribution in [3.05, 3.63) is 0 Å². The fourth-order valence-electron chi connectivity index (χ4n) is 2.94. The molecule has 1 heterocycles. The van der Waals surface area contributed by atoms with Gasteiger partial charge in [0.15, 0.2) is 0 Å². The summed E-state index contributed by atoms with van der Waals surface area (Å²) in [6, 6.07) is 0. The molecule has 0 N–H and O–H groups in total. The Morgan fingerprint density at radius 2 is 1.84 bits per heavy atom. The van der Waals surface area contributed by atoms with Crippen LogP contribution in [0.3, 0.4) is 0 Å². The van der Waals surface area contributed by atoms with E-state index in [0.29, 0.717) is 5.91 Å². The number of hydrogen-bond acceptors (Lipinski definition) is 1. The van der Waals surface area contributed by atoms with Gasteiger partial charge in [-0.15, -0.1) is 0 Å². The lowest BCUT2D eigenvalue weighted by molar-refractivity contribution is -0.132. The van der Waals surface area contributed by atoms with E-state index in [2.05, 4.69) is 25.7 Å². The maximum atomic E-state index is 11.9. The summed E-state index contributed by atoms with van der Waals surface area (Å²) >= 11 is 0. The predicted molar refractivity (Wildman–Crippen MR) is 82.1 cm³/mol. The van der Waals surface area contributed by atoms with Crippen LogP contribution in [0.4, 0.5) is 0 Å².